The van der Waals surface area contributed by atoms with Crippen LogP contribution in [0.5, 0.6) is 5.75 Å². The van der Waals surface area contributed by atoms with E-state index in [9.17, 15) is 9.59 Å². The second kappa shape index (κ2) is 10.6. The van der Waals surface area contributed by atoms with Crippen molar-refractivity contribution < 1.29 is 19.1 Å². The minimum Gasteiger partial charge on any atom is -0.494 e. The molecule has 44 heavy (non-hydrogen) atoms. The van der Waals surface area contributed by atoms with Crippen molar-refractivity contribution in [2.75, 3.05) is 13.7 Å². The number of rotatable bonds is 5. The smallest absolute Gasteiger partial charge is 0.312 e. The SMILES string of the molecule is C=C(C)[C@@H]1CCC2(C(=O)OC)CC[C@]3(C)C(CCC4[C@@]5(C)CC(=Cc6ccc(OCC)cc6)C(=O)C(C)(C)C5CC[C@]43C)C12. The molecule has 0 saturated heterocycles. The van der Waals surface area contributed by atoms with Gasteiger partial charge in [-0.05, 0) is 147 Å². The summed E-state index contributed by atoms with van der Waals surface area (Å²) in [7, 11) is 1.58. The molecule has 6 rings (SSSR count). The maximum Gasteiger partial charge on any atom is 0.312 e. The first-order valence-electron chi connectivity index (χ1n) is 17.4. The molecule has 0 N–H and O–H groups in total. The molecule has 0 aromatic heterocycles. The third kappa shape index (κ3) is 4.20. The Labute approximate surface area is 266 Å². The fourth-order valence-corrected chi connectivity index (χ4v) is 12.7. The van der Waals surface area contributed by atoms with Crippen LogP contribution in [0, 0.1) is 56.7 Å². The average molecular weight is 601 g/mol. The summed E-state index contributed by atoms with van der Waals surface area (Å²) in [5, 5.41) is 0. The summed E-state index contributed by atoms with van der Waals surface area (Å²) in [6.07, 6.45) is 11.6. The minimum atomic E-state index is -0.397. The lowest BCUT2D eigenvalue weighted by Gasteiger charge is -2.72. The van der Waals surface area contributed by atoms with E-state index >= 15 is 0 Å². The largest absolute Gasteiger partial charge is 0.494 e. The number of Topliss-reactive ketones (excluding diaryl/α,β-unsaturated/α-hetero) is 1. The third-order valence-corrected chi connectivity index (χ3v) is 14.8. The Bertz CT molecular complexity index is 1370. The highest BCUT2D eigenvalue weighted by molar-refractivity contribution is 6.04. The Morgan fingerprint density at radius 2 is 1.64 bits per heavy atom. The number of methoxy groups -OCH3 is 1. The van der Waals surface area contributed by atoms with Crippen LogP contribution in [-0.2, 0) is 14.3 Å². The molecule has 0 heterocycles. The lowest BCUT2D eigenvalue weighted by Crippen LogP contribution is -2.67. The van der Waals surface area contributed by atoms with Crippen LogP contribution in [-0.4, -0.2) is 25.5 Å². The van der Waals surface area contributed by atoms with Crippen LogP contribution < -0.4 is 4.74 Å². The summed E-state index contributed by atoms with van der Waals surface area (Å²) in [5.74, 6) is 3.30. The Morgan fingerprint density at radius 3 is 2.27 bits per heavy atom. The molecule has 0 aliphatic heterocycles. The number of benzene rings is 1. The van der Waals surface area contributed by atoms with Crippen molar-refractivity contribution in [3.63, 3.8) is 0 Å². The van der Waals surface area contributed by atoms with Crippen molar-refractivity contribution in [2.24, 2.45) is 56.7 Å². The zero-order valence-corrected chi connectivity index (χ0v) is 28.7. The number of carbonyl (C=O) groups excluding carboxylic acids is 2. The van der Waals surface area contributed by atoms with E-state index in [1.165, 1.54) is 12.0 Å². The topological polar surface area (TPSA) is 52.6 Å². The number of hydrogen-bond acceptors (Lipinski definition) is 4. The van der Waals surface area contributed by atoms with Gasteiger partial charge in [-0.15, -0.1) is 0 Å². The van der Waals surface area contributed by atoms with Crippen molar-refractivity contribution in [2.45, 2.75) is 106 Å². The molecule has 5 aliphatic rings. The van der Waals surface area contributed by atoms with E-state index in [-0.39, 0.29) is 27.6 Å². The first kappa shape index (κ1) is 31.6. The molecule has 9 atom stereocenters. The van der Waals surface area contributed by atoms with Crippen molar-refractivity contribution >= 4 is 17.8 Å². The van der Waals surface area contributed by atoms with Gasteiger partial charge in [0.05, 0.1) is 19.1 Å². The van der Waals surface area contributed by atoms with Gasteiger partial charge in [0.1, 0.15) is 5.75 Å². The van der Waals surface area contributed by atoms with Crippen LogP contribution >= 0.6 is 0 Å². The normalized spacial score (nSPS) is 43.3. The van der Waals surface area contributed by atoms with Crippen LogP contribution in [0.1, 0.15) is 112 Å². The molecule has 4 nitrogen and oxygen atoms in total. The van der Waals surface area contributed by atoms with E-state index in [0.29, 0.717) is 42.0 Å². The highest BCUT2D eigenvalue weighted by Gasteiger charge is 2.72. The first-order chi connectivity index (χ1) is 20.7. The molecule has 5 aliphatic carbocycles. The second-order valence-electron chi connectivity index (χ2n) is 16.7. The average Bonchev–Trinajstić information content (AvgIpc) is 3.38. The van der Waals surface area contributed by atoms with E-state index in [0.717, 1.165) is 68.3 Å². The van der Waals surface area contributed by atoms with Gasteiger partial charge in [0.2, 0.25) is 0 Å². The van der Waals surface area contributed by atoms with Crippen molar-refractivity contribution in [1.29, 1.82) is 0 Å². The molecule has 5 unspecified atom stereocenters. The number of esters is 1. The molecule has 0 radical (unpaired) electrons. The summed E-state index contributed by atoms with van der Waals surface area (Å²) in [4.78, 5) is 27.7. The monoisotopic (exact) mass is 600 g/mol. The van der Waals surface area contributed by atoms with Crippen LogP contribution in [0.4, 0.5) is 0 Å². The lowest BCUT2D eigenvalue weighted by atomic mass is 9.32. The number of carbonyl (C=O) groups is 2. The van der Waals surface area contributed by atoms with Crippen LogP contribution in [0.15, 0.2) is 42.0 Å². The molecule has 5 saturated carbocycles. The van der Waals surface area contributed by atoms with Gasteiger partial charge in [-0.25, -0.2) is 0 Å². The molecular formula is C40H56O4. The van der Waals surface area contributed by atoms with E-state index in [2.05, 4.69) is 66.3 Å². The summed E-state index contributed by atoms with van der Waals surface area (Å²) >= 11 is 0. The number of allylic oxidation sites excluding steroid dienone is 2. The quantitative estimate of drug-likeness (QED) is 0.192. The third-order valence-electron chi connectivity index (χ3n) is 14.8. The zero-order valence-electron chi connectivity index (χ0n) is 28.7. The van der Waals surface area contributed by atoms with E-state index in [1.807, 2.05) is 19.1 Å². The summed E-state index contributed by atoms with van der Waals surface area (Å²) < 4.78 is 11.2. The van der Waals surface area contributed by atoms with Gasteiger partial charge < -0.3 is 9.47 Å². The Hall–Kier alpha value is -2.36. The van der Waals surface area contributed by atoms with E-state index in [4.69, 9.17) is 9.47 Å². The summed E-state index contributed by atoms with van der Waals surface area (Å²) in [6, 6.07) is 8.19. The predicted octanol–water partition coefficient (Wildman–Crippen LogP) is 9.48. The fraction of sp³-hybridized carbons (Fsp3) is 0.700. The lowest BCUT2D eigenvalue weighted by molar-refractivity contribution is -0.232. The summed E-state index contributed by atoms with van der Waals surface area (Å²) in [5.41, 5.74) is 2.86. The predicted molar refractivity (Wildman–Crippen MR) is 177 cm³/mol. The molecule has 0 bridgehead atoms. The molecule has 0 amide bonds. The number of hydrogen-bond donors (Lipinski definition) is 0. The Morgan fingerprint density at radius 1 is 0.932 bits per heavy atom. The zero-order chi connectivity index (χ0) is 31.9. The number of ether oxygens (including phenoxy) is 2. The highest BCUT2D eigenvalue weighted by Crippen LogP contribution is 2.77. The van der Waals surface area contributed by atoms with Gasteiger partial charge in [-0.3, -0.25) is 9.59 Å². The number of fused-ring (bicyclic) bond motifs is 7. The highest BCUT2D eigenvalue weighted by atomic mass is 16.5. The standard InChI is InChI=1S/C40H56O4/c1-10-44-28-13-11-26(12-14-28)23-27-24-37(6)31(36(4,5)34(27)41)18-19-39(8)32(37)16-15-30-33-29(25(2)3)17-20-40(33,35(42)43-9)22-21-38(30,39)7/h11-14,23,29-33H,2,10,15-22,24H2,1,3-9H3/t29-,30?,31?,32?,33?,37-,38+,39+,40?/m0/s1. The maximum absolute atomic E-state index is 14.2. The van der Waals surface area contributed by atoms with Gasteiger partial charge in [0.25, 0.3) is 0 Å². The van der Waals surface area contributed by atoms with E-state index < -0.39 is 5.41 Å². The molecular weight excluding hydrogens is 544 g/mol. The molecule has 1 aromatic carbocycles. The van der Waals surface area contributed by atoms with Crippen LogP contribution in [0.25, 0.3) is 6.08 Å². The Kier molecular flexibility index (Phi) is 7.61. The van der Waals surface area contributed by atoms with Crippen molar-refractivity contribution in [1.82, 2.24) is 0 Å². The molecule has 240 valence electrons. The first-order valence-corrected chi connectivity index (χ1v) is 17.4. The van der Waals surface area contributed by atoms with Crippen molar-refractivity contribution in [3.8, 4) is 5.75 Å². The second-order valence-corrected chi connectivity index (χ2v) is 16.7. The molecule has 5 fully saturated rings. The van der Waals surface area contributed by atoms with Gasteiger partial charge in [-0.1, -0.05) is 58.9 Å². The van der Waals surface area contributed by atoms with Gasteiger partial charge in [-0.2, -0.15) is 0 Å². The van der Waals surface area contributed by atoms with Gasteiger partial charge in [0, 0.05) is 5.41 Å². The molecule has 1 aromatic rings. The summed E-state index contributed by atoms with van der Waals surface area (Å²) in [6.45, 7) is 21.5. The van der Waals surface area contributed by atoms with Gasteiger partial charge in [0.15, 0.2) is 5.78 Å². The van der Waals surface area contributed by atoms with Crippen LogP contribution in [0.3, 0.4) is 0 Å². The minimum absolute atomic E-state index is 0.0212. The number of ketones is 1. The maximum atomic E-state index is 14.2. The fourth-order valence-electron chi connectivity index (χ4n) is 12.7. The molecule has 0 spiro atoms. The van der Waals surface area contributed by atoms with Crippen molar-refractivity contribution in [3.05, 3.63) is 47.6 Å². The van der Waals surface area contributed by atoms with E-state index in [1.54, 1.807) is 7.11 Å². The van der Waals surface area contributed by atoms with Crippen LogP contribution in [0.2, 0.25) is 0 Å². The van der Waals surface area contributed by atoms with Gasteiger partial charge >= 0.3 is 5.97 Å². The molecule has 4 heteroatoms. The Balaban J connectivity index is 1.38.